The Bertz CT molecular complexity index is 647. The van der Waals surface area contributed by atoms with E-state index < -0.39 is 6.10 Å². The van der Waals surface area contributed by atoms with Gasteiger partial charge in [0.1, 0.15) is 0 Å². The Morgan fingerprint density at radius 2 is 1.37 bits per heavy atom. The summed E-state index contributed by atoms with van der Waals surface area (Å²) < 4.78 is 0. The van der Waals surface area contributed by atoms with Gasteiger partial charge in [-0.3, -0.25) is 9.69 Å². The van der Waals surface area contributed by atoms with Crippen LogP contribution in [0.15, 0.2) is 60.7 Å². The first-order valence-corrected chi connectivity index (χ1v) is 9.67. The summed E-state index contributed by atoms with van der Waals surface area (Å²) in [6.45, 7) is 7.49. The van der Waals surface area contributed by atoms with E-state index in [1.807, 2.05) is 36.4 Å². The molecule has 4 nitrogen and oxygen atoms in total. The molecule has 0 radical (unpaired) electrons. The van der Waals surface area contributed by atoms with Gasteiger partial charge in [-0.05, 0) is 23.5 Å². The number of hydrogen-bond donors (Lipinski definition) is 2. The summed E-state index contributed by atoms with van der Waals surface area (Å²) in [7, 11) is 0. The molecule has 0 aliphatic heterocycles. The second-order valence-electron chi connectivity index (χ2n) is 7.72. The Morgan fingerprint density at radius 3 is 1.74 bits per heavy atom. The van der Waals surface area contributed by atoms with Crippen molar-refractivity contribution >= 4 is 5.91 Å². The van der Waals surface area contributed by atoms with Crippen LogP contribution in [0.4, 0.5) is 0 Å². The number of hydrogen-bond acceptors (Lipinski definition) is 3. The van der Waals surface area contributed by atoms with Crippen LogP contribution in [0.2, 0.25) is 0 Å². The van der Waals surface area contributed by atoms with Crippen molar-refractivity contribution in [3.63, 3.8) is 0 Å². The van der Waals surface area contributed by atoms with Crippen LogP contribution in [0.5, 0.6) is 0 Å². The lowest BCUT2D eigenvalue weighted by molar-refractivity contribution is -0.122. The number of nitrogens with zero attached hydrogens (tertiary/aromatic N) is 1. The first-order valence-electron chi connectivity index (χ1n) is 9.67. The highest BCUT2D eigenvalue weighted by molar-refractivity contribution is 5.76. The van der Waals surface area contributed by atoms with Crippen molar-refractivity contribution < 1.29 is 9.90 Å². The minimum atomic E-state index is -0.625. The van der Waals surface area contributed by atoms with Gasteiger partial charge in [-0.15, -0.1) is 0 Å². The van der Waals surface area contributed by atoms with Gasteiger partial charge in [0.25, 0.3) is 0 Å². The average Bonchev–Trinajstić information content (AvgIpc) is 2.63. The standard InChI is InChI=1S/C23H32N2O2/c1-17(2)22(21(26)14-18(3)23(24)27)25(15-19-10-6-4-7-11-19)16-20-12-8-5-9-13-20/h4-13,17-18,21-22,26H,14-16H2,1-3H3,(H2,24,27)/t18-,21-,22-/m0/s1. The molecule has 0 saturated carbocycles. The summed E-state index contributed by atoms with van der Waals surface area (Å²) in [5.74, 6) is -0.488. The predicted molar refractivity (Wildman–Crippen MR) is 110 cm³/mol. The van der Waals surface area contributed by atoms with Crippen LogP contribution in [0.3, 0.4) is 0 Å². The number of aliphatic hydroxyl groups excluding tert-OH is 1. The fourth-order valence-electron chi connectivity index (χ4n) is 3.63. The molecule has 2 aromatic carbocycles. The molecular formula is C23H32N2O2. The topological polar surface area (TPSA) is 66.6 Å². The zero-order valence-corrected chi connectivity index (χ0v) is 16.6. The molecule has 0 unspecified atom stereocenters. The summed E-state index contributed by atoms with van der Waals surface area (Å²) in [4.78, 5) is 13.8. The molecule has 0 spiro atoms. The lowest BCUT2D eigenvalue weighted by Crippen LogP contribution is -2.47. The maximum absolute atomic E-state index is 11.5. The molecule has 0 bridgehead atoms. The van der Waals surface area contributed by atoms with Gasteiger partial charge in [0, 0.05) is 25.0 Å². The fraction of sp³-hybridized carbons (Fsp3) is 0.435. The summed E-state index contributed by atoms with van der Waals surface area (Å²) in [6.07, 6.45) is -0.252. The quantitative estimate of drug-likeness (QED) is 0.673. The van der Waals surface area contributed by atoms with E-state index in [9.17, 15) is 9.90 Å². The molecular weight excluding hydrogens is 336 g/mol. The third-order valence-electron chi connectivity index (χ3n) is 5.04. The Morgan fingerprint density at radius 1 is 0.926 bits per heavy atom. The third kappa shape index (κ3) is 6.49. The molecule has 3 N–H and O–H groups in total. The first-order chi connectivity index (χ1) is 12.9. The van der Waals surface area contributed by atoms with Crippen molar-refractivity contribution in [1.82, 2.24) is 4.90 Å². The first kappa shape index (κ1) is 21.1. The number of carbonyl (C=O) groups is 1. The van der Waals surface area contributed by atoms with Crippen LogP contribution in [0.1, 0.15) is 38.3 Å². The highest BCUT2D eigenvalue weighted by atomic mass is 16.3. The summed E-state index contributed by atoms with van der Waals surface area (Å²) in [5.41, 5.74) is 7.83. The minimum Gasteiger partial charge on any atom is -0.391 e. The number of aliphatic hydroxyl groups is 1. The maximum Gasteiger partial charge on any atom is 0.220 e. The normalized spacial score (nSPS) is 14.9. The van der Waals surface area contributed by atoms with E-state index in [4.69, 9.17) is 5.73 Å². The van der Waals surface area contributed by atoms with Crippen LogP contribution in [-0.2, 0) is 17.9 Å². The van der Waals surface area contributed by atoms with Crippen LogP contribution in [0, 0.1) is 11.8 Å². The molecule has 3 atom stereocenters. The highest BCUT2D eigenvalue weighted by Crippen LogP contribution is 2.24. The minimum absolute atomic E-state index is 0.0767. The van der Waals surface area contributed by atoms with E-state index in [1.54, 1.807) is 6.92 Å². The Hall–Kier alpha value is -2.17. The van der Waals surface area contributed by atoms with Crippen LogP contribution >= 0.6 is 0 Å². The van der Waals surface area contributed by atoms with Crippen LogP contribution in [0.25, 0.3) is 0 Å². The number of primary amides is 1. The molecule has 0 aliphatic rings. The molecule has 27 heavy (non-hydrogen) atoms. The molecule has 2 rings (SSSR count). The molecule has 0 aromatic heterocycles. The number of benzene rings is 2. The van der Waals surface area contributed by atoms with Gasteiger partial charge in [-0.25, -0.2) is 0 Å². The third-order valence-corrected chi connectivity index (χ3v) is 5.04. The summed E-state index contributed by atoms with van der Waals surface area (Å²) >= 11 is 0. The van der Waals surface area contributed by atoms with E-state index >= 15 is 0 Å². The summed E-state index contributed by atoms with van der Waals surface area (Å²) in [6, 6.07) is 20.5. The second-order valence-corrected chi connectivity index (χ2v) is 7.72. The molecule has 0 saturated heterocycles. The molecule has 1 amide bonds. The lowest BCUT2D eigenvalue weighted by atomic mass is 9.89. The van der Waals surface area contributed by atoms with Gasteiger partial charge in [0.15, 0.2) is 0 Å². The van der Waals surface area contributed by atoms with Gasteiger partial charge in [-0.1, -0.05) is 81.4 Å². The summed E-state index contributed by atoms with van der Waals surface area (Å²) in [5, 5.41) is 11.0. The van der Waals surface area contributed by atoms with Crippen molar-refractivity contribution in [3.8, 4) is 0 Å². The van der Waals surface area contributed by atoms with Gasteiger partial charge < -0.3 is 10.8 Å². The molecule has 4 heteroatoms. The number of nitrogens with two attached hydrogens (primary N) is 1. The number of carbonyl (C=O) groups excluding carboxylic acids is 1. The molecule has 146 valence electrons. The van der Waals surface area contributed by atoms with Gasteiger partial charge in [0.2, 0.25) is 5.91 Å². The van der Waals surface area contributed by atoms with Crippen molar-refractivity contribution in [2.24, 2.45) is 17.6 Å². The smallest absolute Gasteiger partial charge is 0.220 e. The van der Waals surface area contributed by atoms with E-state index in [-0.39, 0.29) is 23.8 Å². The lowest BCUT2D eigenvalue weighted by Gasteiger charge is -2.38. The van der Waals surface area contributed by atoms with Crippen molar-refractivity contribution in [2.75, 3.05) is 0 Å². The Kier molecular flexibility index (Phi) is 8.01. The number of rotatable bonds is 10. The van der Waals surface area contributed by atoms with Crippen molar-refractivity contribution in [1.29, 1.82) is 0 Å². The van der Waals surface area contributed by atoms with Gasteiger partial charge in [0.05, 0.1) is 6.10 Å². The van der Waals surface area contributed by atoms with E-state index in [0.29, 0.717) is 6.42 Å². The zero-order valence-electron chi connectivity index (χ0n) is 16.6. The number of amides is 1. The largest absolute Gasteiger partial charge is 0.391 e. The molecule has 2 aromatic rings. The van der Waals surface area contributed by atoms with E-state index in [0.717, 1.165) is 13.1 Å². The SMILES string of the molecule is CC(C)[C@@H]([C@@H](O)C[C@H](C)C(N)=O)N(Cc1ccccc1)Cc1ccccc1. The average molecular weight is 369 g/mol. The second kappa shape index (κ2) is 10.2. The fourth-order valence-corrected chi connectivity index (χ4v) is 3.63. The van der Waals surface area contributed by atoms with Crippen molar-refractivity contribution in [3.05, 3.63) is 71.8 Å². The monoisotopic (exact) mass is 368 g/mol. The molecule has 0 fully saturated rings. The Labute approximate surface area is 163 Å². The highest BCUT2D eigenvalue weighted by Gasteiger charge is 2.31. The predicted octanol–water partition coefficient (Wildman–Crippen LogP) is 3.59. The van der Waals surface area contributed by atoms with E-state index in [2.05, 4.69) is 43.0 Å². The molecule has 0 aliphatic carbocycles. The zero-order chi connectivity index (χ0) is 19.8. The van der Waals surface area contributed by atoms with E-state index in [1.165, 1.54) is 11.1 Å². The van der Waals surface area contributed by atoms with Crippen LogP contribution in [-0.4, -0.2) is 28.1 Å². The van der Waals surface area contributed by atoms with Crippen LogP contribution < -0.4 is 5.73 Å². The maximum atomic E-state index is 11.5. The van der Waals surface area contributed by atoms with Crippen molar-refractivity contribution in [2.45, 2.75) is 52.4 Å². The molecule has 0 heterocycles. The Balaban J connectivity index is 2.27. The van der Waals surface area contributed by atoms with Gasteiger partial charge >= 0.3 is 0 Å². The van der Waals surface area contributed by atoms with Gasteiger partial charge in [-0.2, -0.15) is 0 Å².